The first kappa shape index (κ1) is 20.5. The number of hydrogen-bond donors (Lipinski definition) is 1. The molecule has 7 nitrogen and oxygen atoms in total. The molecule has 1 aliphatic rings. The third-order valence-corrected chi connectivity index (χ3v) is 6.37. The van der Waals surface area contributed by atoms with Gasteiger partial charge in [-0.15, -0.1) is 0 Å². The summed E-state index contributed by atoms with van der Waals surface area (Å²) in [6.07, 6.45) is 5.32. The van der Waals surface area contributed by atoms with E-state index in [0.29, 0.717) is 12.1 Å². The number of aryl methyl sites for hydroxylation is 1. The maximum absolute atomic E-state index is 13.0. The first-order valence-corrected chi connectivity index (χ1v) is 11.1. The Hall–Kier alpha value is -3.45. The number of fused-ring (bicyclic) bond motifs is 1. The minimum atomic E-state index is -0.0542. The lowest BCUT2D eigenvalue weighted by atomic mass is 10.1. The Bertz CT molecular complexity index is 1280. The molecule has 0 spiro atoms. The van der Waals surface area contributed by atoms with Crippen LogP contribution in [-0.2, 0) is 13.5 Å². The van der Waals surface area contributed by atoms with Crippen LogP contribution in [0.5, 0.6) is 0 Å². The molecule has 0 radical (unpaired) electrons. The second-order valence-corrected chi connectivity index (χ2v) is 8.60. The summed E-state index contributed by atoms with van der Waals surface area (Å²) >= 11 is 0. The van der Waals surface area contributed by atoms with Crippen molar-refractivity contribution in [1.82, 2.24) is 24.6 Å². The summed E-state index contributed by atoms with van der Waals surface area (Å²) in [5.74, 6) is 0. The smallest absolute Gasteiger partial charge is 0.272 e. The van der Waals surface area contributed by atoms with Gasteiger partial charge in [0.25, 0.3) is 5.56 Å². The van der Waals surface area contributed by atoms with Crippen LogP contribution in [0, 0.1) is 0 Å². The van der Waals surface area contributed by atoms with Gasteiger partial charge in [0.1, 0.15) is 5.69 Å². The number of nitrogens with zero attached hydrogens (tertiary/aromatic N) is 5. The SMILES string of the molecule is CN1CCCN(c2ccc(Cc3nc4ccc(-c5cn[nH]c5)cc4n(C)c3=O)cc2)CC1. The average Bonchev–Trinajstić information content (AvgIpc) is 3.26. The summed E-state index contributed by atoms with van der Waals surface area (Å²) in [5, 5.41) is 6.84. The summed E-state index contributed by atoms with van der Waals surface area (Å²) in [4.78, 5) is 22.6. The summed E-state index contributed by atoms with van der Waals surface area (Å²) < 4.78 is 1.70. The lowest BCUT2D eigenvalue weighted by molar-refractivity contribution is 0.360. The first-order chi connectivity index (χ1) is 15.6. The summed E-state index contributed by atoms with van der Waals surface area (Å²) in [6.45, 7) is 4.36. The molecule has 5 rings (SSSR count). The number of H-pyrrole nitrogens is 1. The van der Waals surface area contributed by atoms with Crippen molar-refractivity contribution < 1.29 is 0 Å². The topological polar surface area (TPSA) is 70.1 Å². The second-order valence-electron chi connectivity index (χ2n) is 8.60. The van der Waals surface area contributed by atoms with E-state index in [9.17, 15) is 4.79 Å². The molecule has 3 heterocycles. The van der Waals surface area contributed by atoms with Gasteiger partial charge in [-0.2, -0.15) is 5.10 Å². The Morgan fingerprint density at radius 1 is 0.969 bits per heavy atom. The van der Waals surface area contributed by atoms with Gasteiger partial charge in [0.2, 0.25) is 0 Å². The molecule has 2 aromatic carbocycles. The van der Waals surface area contributed by atoms with Crippen LogP contribution < -0.4 is 10.5 Å². The molecule has 0 aliphatic carbocycles. The van der Waals surface area contributed by atoms with E-state index in [1.807, 2.05) is 31.4 Å². The highest BCUT2D eigenvalue weighted by molar-refractivity contribution is 5.81. The Morgan fingerprint density at radius 2 is 1.81 bits per heavy atom. The maximum Gasteiger partial charge on any atom is 0.272 e. The lowest BCUT2D eigenvalue weighted by Gasteiger charge is -2.23. The number of likely N-dealkylation sites (N-methyl/N-ethyl adjacent to an activating group) is 1. The number of aromatic nitrogens is 4. The zero-order chi connectivity index (χ0) is 22.1. The summed E-state index contributed by atoms with van der Waals surface area (Å²) in [5.41, 5.74) is 6.49. The molecule has 0 saturated carbocycles. The van der Waals surface area contributed by atoms with Crippen molar-refractivity contribution in [2.45, 2.75) is 12.8 Å². The molecule has 1 fully saturated rings. The number of hydrogen-bond acceptors (Lipinski definition) is 5. The molecule has 2 aromatic heterocycles. The highest BCUT2D eigenvalue weighted by Gasteiger charge is 2.14. The number of rotatable bonds is 4. The Kier molecular flexibility index (Phi) is 5.49. The molecule has 1 N–H and O–H groups in total. The molecule has 0 unspecified atom stereocenters. The minimum absolute atomic E-state index is 0.0542. The fourth-order valence-corrected chi connectivity index (χ4v) is 4.41. The van der Waals surface area contributed by atoms with Crippen molar-refractivity contribution in [3.8, 4) is 11.1 Å². The van der Waals surface area contributed by atoms with Crippen LogP contribution in [-0.4, -0.2) is 57.9 Å². The van der Waals surface area contributed by atoms with Crippen LogP contribution in [0.15, 0.2) is 59.7 Å². The van der Waals surface area contributed by atoms with E-state index >= 15 is 0 Å². The highest BCUT2D eigenvalue weighted by atomic mass is 16.1. The van der Waals surface area contributed by atoms with Crippen LogP contribution in [0.1, 0.15) is 17.7 Å². The van der Waals surface area contributed by atoms with Gasteiger partial charge in [0.15, 0.2) is 0 Å². The van der Waals surface area contributed by atoms with Gasteiger partial charge in [-0.3, -0.25) is 9.89 Å². The summed E-state index contributed by atoms with van der Waals surface area (Å²) in [6, 6.07) is 14.6. The Balaban J connectivity index is 1.39. The van der Waals surface area contributed by atoms with E-state index in [4.69, 9.17) is 4.98 Å². The zero-order valence-corrected chi connectivity index (χ0v) is 18.6. The second kappa shape index (κ2) is 8.59. The van der Waals surface area contributed by atoms with Crippen LogP contribution in [0.2, 0.25) is 0 Å². The predicted octanol–water partition coefficient (Wildman–Crippen LogP) is 3.06. The van der Waals surface area contributed by atoms with E-state index in [0.717, 1.165) is 53.9 Å². The van der Waals surface area contributed by atoms with Crippen molar-refractivity contribution >= 4 is 16.7 Å². The fourth-order valence-electron chi connectivity index (χ4n) is 4.41. The molecule has 0 bridgehead atoms. The minimum Gasteiger partial charge on any atom is -0.370 e. The van der Waals surface area contributed by atoms with Crippen molar-refractivity contribution in [3.63, 3.8) is 0 Å². The third kappa shape index (κ3) is 4.03. The number of anilines is 1. The summed E-state index contributed by atoms with van der Waals surface area (Å²) in [7, 11) is 4.00. The van der Waals surface area contributed by atoms with Crippen molar-refractivity contribution in [3.05, 3.63) is 76.5 Å². The third-order valence-electron chi connectivity index (χ3n) is 6.37. The largest absolute Gasteiger partial charge is 0.370 e. The fraction of sp³-hybridized carbons (Fsp3) is 0.320. The standard InChI is InChI=1S/C25H28N6O/c1-29-10-3-11-31(13-12-29)21-7-4-18(5-8-21)14-23-25(32)30(2)24-15-19(6-9-22(24)28-23)20-16-26-27-17-20/h4-9,15-17H,3,10-14H2,1-2H3,(H,26,27). The van der Waals surface area contributed by atoms with Crippen molar-refractivity contribution in [2.24, 2.45) is 7.05 Å². The van der Waals surface area contributed by atoms with Crippen molar-refractivity contribution in [1.29, 1.82) is 0 Å². The number of aromatic amines is 1. The molecular weight excluding hydrogens is 400 g/mol. The predicted molar refractivity (Wildman–Crippen MR) is 128 cm³/mol. The van der Waals surface area contributed by atoms with Crippen molar-refractivity contribution in [2.75, 3.05) is 38.1 Å². The van der Waals surface area contributed by atoms with Gasteiger partial charge < -0.3 is 14.4 Å². The highest BCUT2D eigenvalue weighted by Crippen LogP contribution is 2.23. The molecule has 0 amide bonds. The van der Waals surface area contributed by atoms with E-state index in [-0.39, 0.29) is 5.56 Å². The van der Waals surface area contributed by atoms with E-state index < -0.39 is 0 Å². The average molecular weight is 429 g/mol. The van der Waals surface area contributed by atoms with Gasteiger partial charge in [-0.25, -0.2) is 4.98 Å². The molecule has 4 aromatic rings. The zero-order valence-electron chi connectivity index (χ0n) is 18.6. The van der Waals surface area contributed by atoms with Crippen LogP contribution in [0.4, 0.5) is 5.69 Å². The molecule has 164 valence electrons. The first-order valence-electron chi connectivity index (χ1n) is 11.1. The van der Waals surface area contributed by atoms with Gasteiger partial charge in [-0.1, -0.05) is 18.2 Å². The van der Waals surface area contributed by atoms with Crippen LogP contribution >= 0.6 is 0 Å². The van der Waals surface area contributed by atoms with Gasteiger partial charge in [0.05, 0.1) is 17.2 Å². The molecule has 32 heavy (non-hydrogen) atoms. The lowest BCUT2D eigenvalue weighted by Crippen LogP contribution is -2.28. The van der Waals surface area contributed by atoms with Gasteiger partial charge in [0, 0.05) is 50.6 Å². The quantitative estimate of drug-likeness (QED) is 0.541. The van der Waals surface area contributed by atoms with E-state index in [1.54, 1.807) is 10.8 Å². The molecule has 1 saturated heterocycles. The Morgan fingerprint density at radius 3 is 2.59 bits per heavy atom. The monoisotopic (exact) mass is 428 g/mol. The molecule has 7 heteroatoms. The molecule has 1 aliphatic heterocycles. The normalized spacial score (nSPS) is 15.2. The number of nitrogens with one attached hydrogen (secondary N) is 1. The van der Waals surface area contributed by atoms with Crippen LogP contribution in [0.25, 0.3) is 22.2 Å². The number of benzene rings is 2. The molecular formula is C25H28N6O. The van der Waals surface area contributed by atoms with Gasteiger partial charge >= 0.3 is 0 Å². The Labute approximate surface area is 187 Å². The maximum atomic E-state index is 13.0. The molecule has 0 atom stereocenters. The van der Waals surface area contributed by atoms with E-state index in [2.05, 4.69) is 51.3 Å². The van der Waals surface area contributed by atoms with Crippen LogP contribution in [0.3, 0.4) is 0 Å². The van der Waals surface area contributed by atoms with Gasteiger partial charge in [-0.05, 0) is 55.4 Å². The van der Waals surface area contributed by atoms with E-state index in [1.165, 1.54) is 12.1 Å².